The number of aliphatic hydroxyl groups excluding tert-OH is 4. The van der Waals surface area contributed by atoms with Gasteiger partial charge in [0.25, 0.3) is 5.56 Å². The van der Waals surface area contributed by atoms with Gasteiger partial charge in [-0.3, -0.25) is 37.1 Å². The van der Waals surface area contributed by atoms with Crippen molar-refractivity contribution in [2.75, 3.05) is 30.6 Å². The standard InChI is InChI=1S/C21H30N10O19P4/c22-15-9-16(25-3-24-15)30(4-26-9)19-13(34)11(32)7(47-19)1-45-53(41,42)49-51(37,38)6-52(39,40)50-54(43,44)46-2-8-12(33)14(35)20(48-8)31-5-27-10-17(31)28-21(23)29-18(10)36/h3-5,7-8,11-14,19-20,32-35H,1-2,6H2,(H,37,38)(H,39,40)(H,41,42)(H,43,44)(H2,22,24,25)(H3,23,28,29,36)/t7-,8-,11?,12?,13?,14+,19-,20-/m1/s1. The molecule has 2 aliphatic rings. The van der Waals surface area contributed by atoms with E-state index in [1.165, 1.54) is 4.57 Å². The highest BCUT2D eigenvalue weighted by atomic mass is 31.3. The quantitative estimate of drug-likeness (QED) is 0.0562. The molecule has 29 nitrogen and oxygen atoms in total. The summed E-state index contributed by atoms with van der Waals surface area (Å²) in [5, 5.41) is 41.9. The van der Waals surface area contributed by atoms with Crippen LogP contribution >= 0.6 is 30.8 Å². The van der Waals surface area contributed by atoms with Crippen LogP contribution in [-0.4, -0.2) is 135 Å². The molecule has 4 aromatic rings. The van der Waals surface area contributed by atoms with Crippen LogP contribution in [0.2, 0.25) is 0 Å². The van der Waals surface area contributed by atoms with Crippen LogP contribution in [0.3, 0.4) is 0 Å². The van der Waals surface area contributed by atoms with Gasteiger partial charge in [-0.15, -0.1) is 0 Å². The van der Waals surface area contributed by atoms with Gasteiger partial charge in [0.1, 0.15) is 48.5 Å². The predicted octanol–water partition coefficient (Wildman–Crippen LogP) is -3.04. The van der Waals surface area contributed by atoms with E-state index in [9.17, 15) is 63.1 Å². The third-order valence-electron chi connectivity index (χ3n) is 7.68. The van der Waals surface area contributed by atoms with E-state index < -0.39 is 105 Å². The zero-order chi connectivity index (χ0) is 39.5. The van der Waals surface area contributed by atoms with Gasteiger partial charge in [-0.05, 0) is 0 Å². The molecule has 2 saturated heterocycles. The summed E-state index contributed by atoms with van der Waals surface area (Å²) in [5.74, 6) is -2.40. The van der Waals surface area contributed by atoms with Crippen LogP contribution in [0, 0.1) is 0 Å². The molecule has 54 heavy (non-hydrogen) atoms. The van der Waals surface area contributed by atoms with E-state index in [-0.39, 0.29) is 34.1 Å². The van der Waals surface area contributed by atoms with Gasteiger partial charge in [0.15, 0.2) is 41.0 Å². The number of hydrogen-bond acceptors (Lipinski definition) is 22. The van der Waals surface area contributed by atoms with Gasteiger partial charge in [-0.2, -0.15) is 4.98 Å². The number of ether oxygens (including phenoxy) is 2. The second-order valence-electron chi connectivity index (χ2n) is 11.6. The average molecular weight is 850 g/mol. The second kappa shape index (κ2) is 14.7. The first-order valence-electron chi connectivity index (χ1n) is 14.8. The Hall–Kier alpha value is -3.14. The maximum absolute atomic E-state index is 12.6. The number of nitrogens with one attached hydrogen (secondary N) is 1. The van der Waals surface area contributed by atoms with Crippen molar-refractivity contribution < 1.29 is 85.4 Å². The van der Waals surface area contributed by atoms with Crippen molar-refractivity contribution in [3.05, 3.63) is 29.3 Å². The Bertz CT molecular complexity index is 2310. The summed E-state index contributed by atoms with van der Waals surface area (Å²) in [7, 11) is -22.8. The highest BCUT2D eigenvalue weighted by molar-refractivity contribution is 7.76. The highest BCUT2D eigenvalue weighted by Crippen LogP contribution is 2.70. The number of phosphoric acid groups is 2. The lowest BCUT2D eigenvalue weighted by atomic mass is 10.1. The van der Waals surface area contributed by atoms with Crippen LogP contribution < -0.4 is 17.0 Å². The minimum absolute atomic E-state index is 0.00900. The van der Waals surface area contributed by atoms with E-state index in [1.54, 1.807) is 0 Å². The maximum Gasteiger partial charge on any atom is 0.479 e. The first kappa shape index (κ1) is 40.5. The topological polar surface area (TPSA) is 445 Å². The fourth-order valence-corrected chi connectivity index (χ4v) is 12.1. The van der Waals surface area contributed by atoms with E-state index in [0.717, 1.165) is 23.5 Å². The molecule has 0 radical (unpaired) electrons. The number of nitrogens with zero attached hydrogens (tertiary/aromatic N) is 7. The Morgan fingerprint density at radius 1 is 0.722 bits per heavy atom. The first-order chi connectivity index (χ1) is 25.1. The van der Waals surface area contributed by atoms with Crippen molar-refractivity contribution in [3.8, 4) is 0 Å². The van der Waals surface area contributed by atoms with Crippen LogP contribution in [0.1, 0.15) is 12.5 Å². The third-order valence-corrected chi connectivity index (χ3v) is 15.2. The monoisotopic (exact) mass is 850 g/mol. The summed E-state index contributed by atoms with van der Waals surface area (Å²) < 4.78 is 80.7. The SMILES string of the molecule is Nc1nc2c(ncn2[C@@H]2O[C@H](COP(=O)(O)OP(=O)(O)CP(=O)(O)OP(=O)(O)OC[C@H]3O[C@@H](n4cnc5c(N)ncnc54)C(O)C3O)C(O)[C@@H]2O)c(=O)[nH]1. The molecule has 7 unspecified atom stereocenters. The summed E-state index contributed by atoms with van der Waals surface area (Å²) in [4.78, 5) is 73.9. The Morgan fingerprint density at radius 3 is 1.72 bits per heavy atom. The number of anilines is 2. The largest absolute Gasteiger partial charge is 0.479 e. The average Bonchev–Trinajstić information content (AvgIpc) is 3.79. The van der Waals surface area contributed by atoms with Crippen molar-refractivity contribution >= 4 is 64.9 Å². The Kier molecular flexibility index (Phi) is 11.1. The Balaban J connectivity index is 1.02. The van der Waals surface area contributed by atoms with Crippen molar-refractivity contribution in [1.82, 2.24) is 39.0 Å². The number of imidazole rings is 2. The van der Waals surface area contributed by atoms with Gasteiger partial charge in [-0.1, -0.05) is 0 Å². The summed E-state index contributed by atoms with van der Waals surface area (Å²) in [6.45, 7) is -2.18. The number of nitrogen functional groups attached to an aromatic ring is 2. The molecule has 0 spiro atoms. The molecule has 0 aliphatic carbocycles. The second-order valence-corrected chi connectivity index (χ2v) is 18.9. The van der Waals surface area contributed by atoms with Gasteiger partial charge in [-0.25, -0.2) is 37.7 Å². The van der Waals surface area contributed by atoms with Crippen LogP contribution in [0.25, 0.3) is 22.3 Å². The zero-order valence-corrected chi connectivity index (χ0v) is 30.2. The van der Waals surface area contributed by atoms with Crippen LogP contribution in [0.15, 0.2) is 23.8 Å². The molecule has 6 rings (SSSR count). The van der Waals surface area contributed by atoms with Crippen LogP contribution in [0.4, 0.5) is 11.8 Å². The molecule has 0 aromatic carbocycles. The fraction of sp³-hybridized carbons (Fsp3) is 0.524. The molecule has 0 bridgehead atoms. The molecule has 2 aliphatic heterocycles. The van der Waals surface area contributed by atoms with Crippen molar-refractivity contribution in [2.45, 2.75) is 49.1 Å². The number of rotatable bonds is 14. The van der Waals surface area contributed by atoms with E-state index in [1.807, 2.05) is 0 Å². The first-order valence-corrected chi connectivity index (χ1v) is 21.3. The van der Waals surface area contributed by atoms with E-state index in [4.69, 9.17) is 20.9 Å². The minimum atomic E-state index is -5.72. The lowest BCUT2D eigenvalue weighted by molar-refractivity contribution is -0.0502. The number of aromatic amines is 1. The molecule has 13 N–H and O–H groups in total. The Labute approximate surface area is 298 Å². The fourth-order valence-electron chi connectivity index (χ4n) is 5.36. The Morgan fingerprint density at radius 2 is 1.20 bits per heavy atom. The van der Waals surface area contributed by atoms with Crippen molar-refractivity contribution in [3.63, 3.8) is 0 Å². The molecular weight excluding hydrogens is 820 g/mol. The zero-order valence-electron chi connectivity index (χ0n) is 26.6. The number of aromatic nitrogens is 8. The number of nitrogens with two attached hydrogens (primary N) is 2. The van der Waals surface area contributed by atoms with Crippen molar-refractivity contribution in [2.24, 2.45) is 0 Å². The van der Waals surface area contributed by atoms with E-state index >= 15 is 0 Å². The molecule has 2 fully saturated rings. The van der Waals surface area contributed by atoms with Crippen LogP contribution in [-0.2, 0) is 45.4 Å². The molecule has 4 aromatic heterocycles. The molecule has 298 valence electrons. The highest BCUT2D eigenvalue weighted by Gasteiger charge is 2.49. The van der Waals surface area contributed by atoms with E-state index in [0.29, 0.717) is 0 Å². The minimum Gasteiger partial charge on any atom is -0.387 e. The molecule has 0 amide bonds. The lowest BCUT2D eigenvalue weighted by Gasteiger charge is -2.22. The summed E-state index contributed by atoms with van der Waals surface area (Å²) in [6.07, 6.45) is -9.95. The summed E-state index contributed by atoms with van der Waals surface area (Å²) >= 11 is 0. The van der Waals surface area contributed by atoms with Gasteiger partial charge < -0.3 is 60.9 Å². The van der Waals surface area contributed by atoms with Crippen LogP contribution in [0.5, 0.6) is 0 Å². The molecular formula is C21H30N10O19P4. The molecule has 6 heterocycles. The number of phosphoric ester groups is 2. The number of hydrogen-bond donors (Lipinski definition) is 11. The smallest absolute Gasteiger partial charge is 0.387 e. The maximum atomic E-state index is 12.6. The molecule has 12 atom stereocenters. The number of H-pyrrole nitrogens is 1. The van der Waals surface area contributed by atoms with Gasteiger partial charge in [0.05, 0.1) is 25.9 Å². The molecule has 33 heteroatoms. The van der Waals surface area contributed by atoms with Gasteiger partial charge in [0, 0.05) is 0 Å². The summed E-state index contributed by atoms with van der Waals surface area (Å²) in [5.41, 5.74) is 10.4. The summed E-state index contributed by atoms with van der Waals surface area (Å²) in [6, 6.07) is 0. The van der Waals surface area contributed by atoms with Gasteiger partial charge in [0.2, 0.25) is 5.95 Å². The van der Waals surface area contributed by atoms with Crippen molar-refractivity contribution in [1.29, 1.82) is 0 Å². The number of aliphatic hydroxyl groups is 4. The lowest BCUT2D eigenvalue weighted by Crippen LogP contribution is -2.33. The predicted molar refractivity (Wildman–Crippen MR) is 172 cm³/mol. The normalized spacial score (nSPS) is 30.6. The molecule has 0 saturated carbocycles. The third kappa shape index (κ3) is 8.48. The number of fused-ring (bicyclic) bond motifs is 2. The van der Waals surface area contributed by atoms with E-state index in [2.05, 4.69) is 47.6 Å². The van der Waals surface area contributed by atoms with Gasteiger partial charge >= 0.3 is 30.8 Å².